The Balaban J connectivity index is 2.21. The highest BCUT2D eigenvalue weighted by molar-refractivity contribution is 5.91. The van der Waals surface area contributed by atoms with Gasteiger partial charge in [-0.25, -0.2) is 18.8 Å². The molecule has 0 saturated carbocycles. The summed E-state index contributed by atoms with van der Waals surface area (Å²) in [5.41, 5.74) is 4.05. The van der Waals surface area contributed by atoms with Gasteiger partial charge in [-0.05, 0) is 37.6 Å². The van der Waals surface area contributed by atoms with E-state index in [-0.39, 0.29) is 17.7 Å². The van der Waals surface area contributed by atoms with Crippen molar-refractivity contribution in [2.24, 2.45) is 5.92 Å². The minimum Gasteiger partial charge on any atom is -0.471 e. The van der Waals surface area contributed by atoms with Gasteiger partial charge >= 0.3 is 12.3 Å². The number of alkyl halides is 4. The van der Waals surface area contributed by atoms with E-state index >= 15 is 0 Å². The summed E-state index contributed by atoms with van der Waals surface area (Å²) in [7, 11) is 0. The van der Waals surface area contributed by atoms with Crippen LogP contribution in [0.4, 0.5) is 23.4 Å². The predicted molar refractivity (Wildman–Crippen MR) is 99.8 cm³/mol. The number of anilines is 1. The van der Waals surface area contributed by atoms with Crippen molar-refractivity contribution in [3.8, 4) is 0 Å². The van der Waals surface area contributed by atoms with Crippen molar-refractivity contribution >= 4 is 11.7 Å². The minimum atomic E-state index is -4.27. The van der Waals surface area contributed by atoms with Crippen LogP contribution in [0.2, 0.25) is 0 Å². The van der Waals surface area contributed by atoms with Crippen molar-refractivity contribution in [3.63, 3.8) is 0 Å². The summed E-state index contributed by atoms with van der Waals surface area (Å²) in [6.45, 7) is 5.42. The molecule has 160 valence electrons. The second kappa shape index (κ2) is 9.15. The summed E-state index contributed by atoms with van der Waals surface area (Å²) in [5.74, 6) is -4.35. The molecule has 0 radical (unpaired) electrons. The normalized spacial score (nSPS) is 15.6. The van der Waals surface area contributed by atoms with E-state index in [0.717, 1.165) is 0 Å². The molecule has 0 aliphatic carbocycles. The largest absolute Gasteiger partial charge is 0.471 e. The van der Waals surface area contributed by atoms with Crippen molar-refractivity contribution in [2.45, 2.75) is 46.1 Å². The molecule has 29 heavy (non-hydrogen) atoms. The maximum atomic E-state index is 13.3. The Bertz CT molecular complexity index is 796. The molecule has 1 aromatic heterocycles. The Hall–Kier alpha value is -2.78. The third kappa shape index (κ3) is 5.61. The van der Waals surface area contributed by atoms with E-state index in [4.69, 9.17) is 4.74 Å². The molecule has 1 aromatic rings. The van der Waals surface area contributed by atoms with Gasteiger partial charge in [0, 0.05) is 23.9 Å². The van der Waals surface area contributed by atoms with E-state index in [1.807, 2.05) is 0 Å². The lowest BCUT2D eigenvalue weighted by molar-refractivity contribution is -0.164. The van der Waals surface area contributed by atoms with Crippen LogP contribution in [-0.4, -0.2) is 34.9 Å². The number of hydrogen-bond acceptors (Lipinski definition) is 5. The van der Waals surface area contributed by atoms with Crippen molar-refractivity contribution < 1.29 is 27.1 Å². The highest BCUT2D eigenvalue weighted by Crippen LogP contribution is 2.30. The first kappa shape index (κ1) is 22.5. The highest BCUT2D eigenvalue weighted by atomic mass is 19.3. The first-order valence-corrected chi connectivity index (χ1v) is 9.01. The summed E-state index contributed by atoms with van der Waals surface area (Å²) in [5, 5.41) is 4.13. The zero-order valence-corrected chi connectivity index (χ0v) is 16.5. The molecule has 1 unspecified atom stereocenters. The lowest BCUT2D eigenvalue weighted by Crippen LogP contribution is -2.41. The van der Waals surface area contributed by atoms with Crippen molar-refractivity contribution in [1.82, 2.24) is 15.4 Å². The first-order chi connectivity index (χ1) is 13.5. The summed E-state index contributed by atoms with van der Waals surface area (Å²) >= 11 is 0. The molecule has 0 aromatic carbocycles. The maximum Gasteiger partial charge on any atom is 0.340 e. The zero-order chi connectivity index (χ0) is 21.8. The van der Waals surface area contributed by atoms with E-state index in [0.29, 0.717) is 17.0 Å². The van der Waals surface area contributed by atoms with E-state index in [2.05, 4.69) is 15.7 Å². The number of carbonyl (C=O) groups is 1. The number of pyridine rings is 1. The predicted octanol–water partition coefficient (Wildman–Crippen LogP) is 4.22. The Labute approximate surface area is 166 Å². The molecule has 1 aliphatic rings. The van der Waals surface area contributed by atoms with Gasteiger partial charge in [-0.2, -0.15) is 8.78 Å². The molecule has 10 heteroatoms. The van der Waals surface area contributed by atoms with Gasteiger partial charge in [-0.3, -0.25) is 4.79 Å². The average Bonchev–Trinajstić information content (AvgIpc) is 2.66. The monoisotopic (exact) mass is 416 g/mol. The number of amides is 1. The quantitative estimate of drug-likeness (QED) is 0.622. The van der Waals surface area contributed by atoms with Crippen molar-refractivity contribution in [2.75, 3.05) is 11.9 Å². The number of nitrogens with one attached hydrogen (secondary N) is 2. The summed E-state index contributed by atoms with van der Waals surface area (Å²) in [6.07, 6.45) is 0.838. The van der Waals surface area contributed by atoms with Crippen LogP contribution >= 0.6 is 0 Å². The van der Waals surface area contributed by atoms with Crippen LogP contribution in [0.5, 0.6) is 0 Å². The Morgan fingerprint density at radius 2 is 2.03 bits per heavy atom. The van der Waals surface area contributed by atoms with E-state index in [1.54, 1.807) is 52.1 Å². The fourth-order valence-corrected chi connectivity index (χ4v) is 2.46. The lowest BCUT2D eigenvalue weighted by Gasteiger charge is -2.36. The zero-order valence-electron chi connectivity index (χ0n) is 16.5. The standard InChI is InChI=1S/C19H24F4N4O2/c1-11(2)16(28)26-15-9-14(6-7-24-15)13(4)27-17(12(3)5-8-25-27)29-10-19(22,23)18(20)21/h5-9,11,13,18,25H,10H2,1-4H3,(H,24,26,28). The molecule has 0 saturated heterocycles. The van der Waals surface area contributed by atoms with Gasteiger partial charge in [0.25, 0.3) is 0 Å². The molecular weight excluding hydrogens is 392 g/mol. The lowest BCUT2D eigenvalue weighted by atomic mass is 10.1. The number of rotatable bonds is 8. The van der Waals surface area contributed by atoms with Gasteiger partial charge in [0.15, 0.2) is 6.61 Å². The Morgan fingerprint density at radius 1 is 1.34 bits per heavy atom. The molecule has 2 rings (SSSR count). The average molecular weight is 416 g/mol. The molecule has 1 amide bonds. The van der Waals surface area contributed by atoms with E-state index in [1.165, 1.54) is 11.2 Å². The maximum absolute atomic E-state index is 13.3. The number of nitrogens with zero attached hydrogens (tertiary/aromatic N) is 2. The Morgan fingerprint density at radius 3 is 2.66 bits per heavy atom. The fourth-order valence-electron chi connectivity index (χ4n) is 2.46. The van der Waals surface area contributed by atoms with Gasteiger partial charge in [0.05, 0.1) is 6.04 Å². The molecule has 0 fully saturated rings. The number of halogens is 4. The molecule has 2 N–H and O–H groups in total. The van der Waals surface area contributed by atoms with Gasteiger partial charge < -0.3 is 15.5 Å². The van der Waals surface area contributed by atoms with Gasteiger partial charge in [0.1, 0.15) is 5.82 Å². The van der Waals surface area contributed by atoms with Gasteiger partial charge in [-0.15, -0.1) is 0 Å². The van der Waals surface area contributed by atoms with Gasteiger partial charge in [-0.1, -0.05) is 13.8 Å². The molecule has 6 nitrogen and oxygen atoms in total. The van der Waals surface area contributed by atoms with E-state index in [9.17, 15) is 22.4 Å². The summed E-state index contributed by atoms with van der Waals surface area (Å²) < 4.78 is 56.6. The van der Waals surface area contributed by atoms with Crippen molar-refractivity contribution in [1.29, 1.82) is 0 Å². The topological polar surface area (TPSA) is 66.5 Å². The number of hydrazine groups is 1. The minimum absolute atomic E-state index is 0.00454. The summed E-state index contributed by atoms with van der Waals surface area (Å²) in [4.78, 5) is 16.0. The third-order valence-electron chi connectivity index (χ3n) is 4.25. The summed E-state index contributed by atoms with van der Waals surface area (Å²) in [6, 6.07) is 2.88. The van der Waals surface area contributed by atoms with Crippen LogP contribution in [0.1, 0.15) is 39.3 Å². The first-order valence-electron chi connectivity index (χ1n) is 9.01. The second-order valence-corrected chi connectivity index (χ2v) is 6.97. The van der Waals surface area contributed by atoms with Gasteiger partial charge in [0.2, 0.25) is 11.8 Å². The second-order valence-electron chi connectivity index (χ2n) is 6.97. The highest BCUT2D eigenvalue weighted by Gasteiger charge is 2.42. The van der Waals surface area contributed by atoms with Crippen LogP contribution in [0.3, 0.4) is 0 Å². The number of allylic oxidation sites excluding steroid dienone is 2. The number of aromatic nitrogens is 1. The number of ether oxygens (including phenoxy) is 1. The van der Waals surface area contributed by atoms with Crippen LogP contribution in [0.15, 0.2) is 42.1 Å². The van der Waals surface area contributed by atoms with Crippen LogP contribution in [0, 0.1) is 5.92 Å². The molecule has 0 bridgehead atoms. The van der Waals surface area contributed by atoms with E-state index < -0.39 is 25.0 Å². The smallest absolute Gasteiger partial charge is 0.340 e. The Kier molecular flexibility index (Phi) is 7.10. The van der Waals surface area contributed by atoms with Crippen molar-refractivity contribution in [3.05, 3.63) is 47.6 Å². The molecule has 2 heterocycles. The molecular formula is C19H24F4N4O2. The fraction of sp³-hybridized carbons (Fsp3) is 0.474. The van der Waals surface area contributed by atoms with Crippen LogP contribution in [-0.2, 0) is 9.53 Å². The molecule has 1 atom stereocenters. The van der Waals surface area contributed by atoms with Crippen LogP contribution < -0.4 is 10.7 Å². The number of hydrogen-bond donors (Lipinski definition) is 2. The third-order valence-corrected chi connectivity index (χ3v) is 4.25. The number of carbonyl (C=O) groups excluding carboxylic acids is 1. The van der Waals surface area contributed by atoms with Crippen LogP contribution in [0.25, 0.3) is 0 Å². The SMILES string of the molecule is CC1=C(OCC(F)(F)C(F)F)N(C(C)c2ccnc(NC(=O)C(C)C)c2)NC=C1. The molecule has 0 spiro atoms. The molecule has 1 aliphatic heterocycles.